The summed E-state index contributed by atoms with van der Waals surface area (Å²) >= 11 is 0. The molecular formula is C12H11F2N. The third-order valence-electron chi connectivity index (χ3n) is 3.00. The van der Waals surface area contributed by atoms with Crippen LogP contribution in [-0.4, -0.2) is 0 Å². The molecule has 1 fully saturated rings. The number of benzene rings is 1. The molecule has 0 unspecified atom stereocenters. The molecule has 1 aliphatic carbocycles. The normalized spacial score (nSPS) is 18.7. The quantitative estimate of drug-likeness (QED) is 0.692. The van der Waals surface area contributed by atoms with Gasteiger partial charge in [0.15, 0.2) is 0 Å². The smallest absolute Gasteiger partial charge is 0.141 e. The van der Waals surface area contributed by atoms with Gasteiger partial charge < -0.3 is 0 Å². The fraction of sp³-hybridized carbons (Fsp3) is 0.417. The van der Waals surface area contributed by atoms with E-state index in [4.69, 9.17) is 5.26 Å². The van der Waals surface area contributed by atoms with Crippen molar-refractivity contribution in [2.24, 2.45) is 0 Å². The van der Waals surface area contributed by atoms with Crippen LogP contribution in [0.4, 0.5) is 8.78 Å². The van der Waals surface area contributed by atoms with Crippen molar-refractivity contribution in [1.29, 1.82) is 5.26 Å². The number of nitrogens with zero attached hydrogens (tertiary/aromatic N) is 1. The molecule has 0 saturated heterocycles. The molecule has 0 radical (unpaired) electrons. The topological polar surface area (TPSA) is 23.8 Å². The molecule has 0 atom stereocenters. The standard InChI is InChI=1S/C12H11F2N/c13-11-7-10(4-3-9(11)8-15)12(14)5-1-2-6-12/h3-4,7H,1-2,5-6H2. The lowest BCUT2D eigenvalue weighted by Gasteiger charge is -2.19. The van der Waals surface area contributed by atoms with E-state index in [2.05, 4.69) is 0 Å². The van der Waals surface area contributed by atoms with Gasteiger partial charge in [-0.3, -0.25) is 0 Å². The second kappa shape index (κ2) is 3.62. The Balaban J connectivity index is 2.38. The van der Waals surface area contributed by atoms with Gasteiger partial charge in [0.1, 0.15) is 17.6 Å². The number of hydrogen-bond acceptors (Lipinski definition) is 1. The first-order valence-electron chi connectivity index (χ1n) is 5.05. The Bertz CT molecular complexity index is 414. The number of rotatable bonds is 1. The third kappa shape index (κ3) is 1.72. The lowest BCUT2D eigenvalue weighted by molar-refractivity contribution is 0.174. The van der Waals surface area contributed by atoms with Crippen LogP contribution in [0.1, 0.15) is 36.8 Å². The highest BCUT2D eigenvalue weighted by Gasteiger charge is 2.35. The number of hydrogen-bond donors (Lipinski definition) is 0. The van der Waals surface area contributed by atoms with Crippen molar-refractivity contribution < 1.29 is 8.78 Å². The second-order valence-electron chi connectivity index (χ2n) is 3.98. The fourth-order valence-corrected chi connectivity index (χ4v) is 2.11. The van der Waals surface area contributed by atoms with Crippen molar-refractivity contribution in [3.63, 3.8) is 0 Å². The van der Waals surface area contributed by atoms with Crippen molar-refractivity contribution in [3.05, 3.63) is 35.1 Å². The summed E-state index contributed by atoms with van der Waals surface area (Å²) in [5.41, 5.74) is -1.04. The molecule has 3 heteroatoms. The molecule has 1 aromatic rings. The van der Waals surface area contributed by atoms with Gasteiger partial charge in [-0.15, -0.1) is 0 Å². The minimum atomic E-state index is -1.38. The molecule has 0 N–H and O–H groups in total. The zero-order valence-corrected chi connectivity index (χ0v) is 8.26. The average Bonchev–Trinajstić information content (AvgIpc) is 2.66. The van der Waals surface area contributed by atoms with Crippen molar-refractivity contribution in [2.45, 2.75) is 31.4 Å². The van der Waals surface area contributed by atoms with Crippen LogP contribution in [0.25, 0.3) is 0 Å². The third-order valence-corrected chi connectivity index (χ3v) is 3.00. The number of alkyl halides is 1. The summed E-state index contributed by atoms with van der Waals surface area (Å²) in [6.07, 6.45) is 2.60. The zero-order valence-electron chi connectivity index (χ0n) is 8.26. The van der Waals surface area contributed by atoms with E-state index in [1.807, 2.05) is 0 Å². The lowest BCUT2D eigenvalue weighted by atomic mass is 9.93. The molecule has 15 heavy (non-hydrogen) atoms. The summed E-state index contributed by atoms with van der Waals surface area (Å²) in [5, 5.41) is 8.56. The first kappa shape index (κ1) is 10.1. The second-order valence-corrected chi connectivity index (χ2v) is 3.98. The van der Waals surface area contributed by atoms with Crippen molar-refractivity contribution >= 4 is 0 Å². The summed E-state index contributed by atoms with van der Waals surface area (Å²) in [5.74, 6) is -0.626. The van der Waals surface area contributed by atoms with Crippen LogP contribution >= 0.6 is 0 Å². The molecule has 0 aliphatic heterocycles. The molecule has 0 bridgehead atoms. The molecule has 1 nitrogen and oxygen atoms in total. The van der Waals surface area contributed by atoms with E-state index in [0.717, 1.165) is 18.9 Å². The molecule has 0 amide bonds. The van der Waals surface area contributed by atoms with Gasteiger partial charge >= 0.3 is 0 Å². The summed E-state index contributed by atoms with van der Waals surface area (Å²) in [6.45, 7) is 0. The predicted octanol–water partition coefficient (Wildman–Crippen LogP) is 3.44. The Morgan fingerprint density at radius 1 is 1.27 bits per heavy atom. The summed E-state index contributed by atoms with van der Waals surface area (Å²) in [4.78, 5) is 0. The zero-order chi connectivity index (χ0) is 10.9. The van der Waals surface area contributed by atoms with Gasteiger partial charge in [0.05, 0.1) is 5.56 Å². The predicted molar refractivity (Wildman–Crippen MR) is 52.4 cm³/mol. The minimum absolute atomic E-state index is 0.0275. The van der Waals surface area contributed by atoms with Crippen LogP contribution < -0.4 is 0 Å². The number of halogens is 2. The van der Waals surface area contributed by atoms with E-state index < -0.39 is 11.5 Å². The highest BCUT2D eigenvalue weighted by Crippen LogP contribution is 2.42. The molecule has 1 saturated carbocycles. The van der Waals surface area contributed by atoms with Crippen molar-refractivity contribution in [2.75, 3.05) is 0 Å². The SMILES string of the molecule is N#Cc1ccc(C2(F)CCCC2)cc1F. The molecule has 78 valence electrons. The van der Waals surface area contributed by atoms with Crippen LogP contribution in [-0.2, 0) is 5.67 Å². The highest BCUT2D eigenvalue weighted by molar-refractivity contribution is 5.36. The first-order chi connectivity index (χ1) is 7.15. The van der Waals surface area contributed by atoms with Gasteiger partial charge in [-0.1, -0.05) is 6.07 Å². The maximum atomic E-state index is 14.2. The monoisotopic (exact) mass is 207 g/mol. The Labute approximate surface area is 87.3 Å². The van der Waals surface area contributed by atoms with E-state index >= 15 is 0 Å². The summed E-state index contributed by atoms with van der Waals surface area (Å²) in [6, 6.07) is 5.76. The van der Waals surface area contributed by atoms with E-state index in [1.165, 1.54) is 12.1 Å². The van der Waals surface area contributed by atoms with Crippen LogP contribution in [0.5, 0.6) is 0 Å². The Kier molecular flexibility index (Phi) is 2.44. The van der Waals surface area contributed by atoms with Gasteiger partial charge in [-0.05, 0) is 43.4 Å². The molecule has 2 rings (SSSR count). The van der Waals surface area contributed by atoms with Crippen LogP contribution in [0.2, 0.25) is 0 Å². The van der Waals surface area contributed by atoms with Gasteiger partial charge in [0, 0.05) is 0 Å². The fourth-order valence-electron chi connectivity index (χ4n) is 2.11. The van der Waals surface area contributed by atoms with Gasteiger partial charge in [0.2, 0.25) is 0 Å². The van der Waals surface area contributed by atoms with E-state index in [9.17, 15) is 8.78 Å². The lowest BCUT2D eigenvalue weighted by Crippen LogP contribution is -2.15. The van der Waals surface area contributed by atoms with E-state index in [-0.39, 0.29) is 5.56 Å². The Morgan fingerprint density at radius 2 is 1.93 bits per heavy atom. The maximum Gasteiger partial charge on any atom is 0.141 e. The van der Waals surface area contributed by atoms with Crippen molar-refractivity contribution in [1.82, 2.24) is 0 Å². The molecule has 1 aliphatic rings. The highest BCUT2D eigenvalue weighted by atomic mass is 19.1. The van der Waals surface area contributed by atoms with E-state index in [1.54, 1.807) is 6.07 Å². The Hall–Kier alpha value is -1.43. The average molecular weight is 207 g/mol. The molecule has 0 aromatic heterocycles. The maximum absolute atomic E-state index is 14.2. The molecule has 0 spiro atoms. The van der Waals surface area contributed by atoms with Gasteiger partial charge in [0.25, 0.3) is 0 Å². The molecular weight excluding hydrogens is 196 g/mol. The van der Waals surface area contributed by atoms with Crippen LogP contribution in [0.3, 0.4) is 0 Å². The van der Waals surface area contributed by atoms with Crippen LogP contribution in [0, 0.1) is 17.1 Å². The number of nitriles is 1. The van der Waals surface area contributed by atoms with Crippen LogP contribution in [0.15, 0.2) is 18.2 Å². The minimum Gasteiger partial charge on any atom is -0.239 e. The van der Waals surface area contributed by atoms with E-state index in [0.29, 0.717) is 18.4 Å². The largest absolute Gasteiger partial charge is 0.239 e. The van der Waals surface area contributed by atoms with Gasteiger partial charge in [-0.25, -0.2) is 8.78 Å². The van der Waals surface area contributed by atoms with Gasteiger partial charge in [-0.2, -0.15) is 5.26 Å². The molecule has 1 aromatic carbocycles. The first-order valence-corrected chi connectivity index (χ1v) is 5.05. The Morgan fingerprint density at radius 3 is 2.47 bits per heavy atom. The molecule has 0 heterocycles. The summed E-state index contributed by atoms with van der Waals surface area (Å²) in [7, 11) is 0. The summed E-state index contributed by atoms with van der Waals surface area (Å²) < 4.78 is 27.5. The van der Waals surface area contributed by atoms with Crippen molar-refractivity contribution in [3.8, 4) is 6.07 Å².